The van der Waals surface area contributed by atoms with Crippen LogP contribution in [0.5, 0.6) is 11.5 Å². The topological polar surface area (TPSA) is 64.6 Å². The second-order valence-electron chi connectivity index (χ2n) is 5.26. The van der Waals surface area contributed by atoms with E-state index in [0.717, 1.165) is 11.1 Å². The lowest BCUT2D eigenvalue weighted by atomic mass is 10.1. The molecule has 0 saturated carbocycles. The summed E-state index contributed by atoms with van der Waals surface area (Å²) in [6, 6.07) is 10.3. The Kier molecular flexibility index (Phi) is 6.10. The van der Waals surface area contributed by atoms with E-state index in [2.05, 4.69) is 4.72 Å². The molecule has 130 valence electrons. The Balaban J connectivity index is 2.11. The van der Waals surface area contributed by atoms with Gasteiger partial charge in [0, 0.05) is 6.54 Å². The number of benzene rings is 2. The van der Waals surface area contributed by atoms with Gasteiger partial charge in [-0.2, -0.15) is 0 Å². The molecule has 0 aromatic heterocycles. The zero-order valence-electron chi connectivity index (χ0n) is 13.8. The fourth-order valence-corrected chi connectivity index (χ4v) is 3.93. The Labute approximate surface area is 147 Å². The van der Waals surface area contributed by atoms with E-state index >= 15 is 0 Å². The third-order valence-corrected chi connectivity index (χ3v) is 5.49. The molecular weight excluding hydrogens is 350 g/mol. The molecule has 2 rings (SSSR count). The minimum absolute atomic E-state index is 0.0763. The van der Waals surface area contributed by atoms with Crippen LogP contribution in [0.1, 0.15) is 11.1 Å². The van der Waals surface area contributed by atoms with Crippen molar-refractivity contribution in [1.29, 1.82) is 0 Å². The van der Waals surface area contributed by atoms with Gasteiger partial charge in [-0.3, -0.25) is 0 Å². The molecule has 7 heteroatoms. The molecule has 0 unspecified atom stereocenters. The van der Waals surface area contributed by atoms with Gasteiger partial charge in [-0.25, -0.2) is 13.1 Å². The molecule has 24 heavy (non-hydrogen) atoms. The molecule has 0 amide bonds. The number of rotatable bonds is 7. The highest BCUT2D eigenvalue weighted by Gasteiger charge is 2.17. The molecule has 0 fully saturated rings. The van der Waals surface area contributed by atoms with Gasteiger partial charge in [0.05, 0.1) is 19.2 Å². The highest BCUT2D eigenvalue weighted by molar-refractivity contribution is 7.89. The van der Waals surface area contributed by atoms with Crippen molar-refractivity contribution in [1.82, 2.24) is 4.72 Å². The monoisotopic (exact) mass is 369 g/mol. The van der Waals surface area contributed by atoms with Gasteiger partial charge in [-0.15, -0.1) is 0 Å². The third kappa shape index (κ3) is 4.41. The third-order valence-electron chi connectivity index (χ3n) is 3.55. The smallest absolute Gasteiger partial charge is 0.242 e. The van der Waals surface area contributed by atoms with Gasteiger partial charge in [0.15, 0.2) is 0 Å². The highest BCUT2D eigenvalue weighted by atomic mass is 35.5. The Morgan fingerprint density at radius 3 is 2.46 bits per heavy atom. The number of methoxy groups -OCH3 is 2. The Morgan fingerprint density at radius 2 is 1.83 bits per heavy atom. The second kappa shape index (κ2) is 7.88. The summed E-state index contributed by atoms with van der Waals surface area (Å²) in [5, 5.41) is 0.210. The van der Waals surface area contributed by atoms with Crippen molar-refractivity contribution in [2.45, 2.75) is 18.2 Å². The number of hydrogen-bond donors (Lipinski definition) is 1. The molecule has 0 bridgehead atoms. The SMILES string of the molecule is COc1ccc(OC)c(CCNS(=O)(=O)c2ccc(C)cc2Cl)c1. The predicted molar refractivity (Wildman–Crippen MR) is 94.6 cm³/mol. The lowest BCUT2D eigenvalue weighted by Gasteiger charge is -2.12. The number of sulfonamides is 1. The summed E-state index contributed by atoms with van der Waals surface area (Å²) in [6.45, 7) is 2.07. The Morgan fingerprint density at radius 1 is 1.08 bits per heavy atom. The molecule has 0 aliphatic rings. The molecule has 2 aromatic carbocycles. The highest BCUT2D eigenvalue weighted by Crippen LogP contribution is 2.25. The van der Waals surface area contributed by atoms with Gasteiger partial charge in [-0.05, 0) is 54.8 Å². The lowest BCUT2D eigenvalue weighted by Crippen LogP contribution is -2.26. The van der Waals surface area contributed by atoms with Crippen molar-refractivity contribution < 1.29 is 17.9 Å². The molecule has 1 N–H and O–H groups in total. The van der Waals surface area contributed by atoms with Crippen LogP contribution in [-0.2, 0) is 16.4 Å². The van der Waals surface area contributed by atoms with Crippen LogP contribution >= 0.6 is 11.6 Å². The van der Waals surface area contributed by atoms with E-state index in [-0.39, 0.29) is 16.5 Å². The van der Waals surface area contributed by atoms with E-state index in [9.17, 15) is 8.42 Å². The van der Waals surface area contributed by atoms with E-state index in [1.165, 1.54) is 6.07 Å². The van der Waals surface area contributed by atoms with Gasteiger partial charge in [0.1, 0.15) is 16.4 Å². The van der Waals surface area contributed by atoms with Crippen LogP contribution in [0, 0.1) is 6.92 Å². The first kappa shape index (κ1) is 18.6. The first-order valence-electron chi connectivity index (χ1n) is 7.34. The van der Waals surface area contributed by atoms with Gasteiger partial charge in [0.25, 0.3) is 0 Å². The average molecular weight is 370 g/mol. The molecular formula is C17H20ClNO4S. The summed E-state index contributed by atoms with van der Waals surface area (Å²) >= 11 is 6.04. The molecule has 0 spiro atoms. The van der Waals surface area contributed by atoms with Crippen molar-refractivity contribution in [2.24, 2.45) is 0 Å². The maximum atomic E-state index is 12.4. The van der Waals surface area contributed by atoms with E-state index in [4.69, 9.17) is 21.1 Å². The summed E-state index contributed by atoms with van der Waals surface area (Å²) in [5.41, 5.74) is 1.76. The van der Waals surface area contributed by atoms with E-state index in [1.807, 2.05) is 13.0 Å². The maximum absolute atomic E-state index is 12.4. The second-order valence-corrected chi connectivity index (χ2v) is 7.40. The summed E-state index contributed by atoms with van der Waals surface area (Å²) in [6.07, 6.45) is 0.461. The maximum Gasteiger partial charge on any atom is 0.242 e. The quantitative estimate of drug-likeness (QED) is 0.814. The Hall–Kier alpha value is -1.76. The van der Waals surface area contributed by atoms with Crippen LogP contribution in [0.15, 0.2) is 41.3 Å². The first-order chi connectivity index (χ1) is 11.4. The number of aryl methyl sites for hydroxylation is 1. The van der Waals surface area contributed by atoms with Crippen molar-refractivity contribution in [3.05, 3.63) is 52.5 Å². The van der Waals surface area contributed by atoms with Crippen molar-refractivity contribution in [3.63, 3.8) is 0 Å². The van der Waals surface area contributed by atoms with Crippen LogP contribution < -0.4 is 14.2 Å². The van der Waals surface area contributed by atoms with Crippen LogP contribution in [0.4, 0.5) is 0 Å². The number of nitrogens with one attached hydrogen (secondary N) is 1. The molecule has 0 saturated heterocycles. The minimum atomic E-state index is -3.67. The minimum Gasteiger partial charge on any atom is -0.497 e. The van der Waals surface area contributed by atoms with Crippen molar-refractivity contribution in [2.75, 3.05) is 20.8 Å². The standard InChI is InChI=1S/C17H20ClNO4S/c1-12-4-7-17(15(18)10-12)24(20,21)19-9-8-13-11-14(22-2)5-6-16(13)23-3/h4-7,10-11,19H,8-9H2,1-3H3. The lowest BCUT2D eigenvalue weighted by molar-refractivity contribution is 0.398. The van der Waals surface area contributed by atoms with E-state index in [1.54, 1.807) is 38.5 Å². The van der Waals surface area contributed by atoms with Gasteiger partial charge >= 0.3 is 0 Å². The number of halogens is 1. The molecule has 0 aliphatic heterocycles. The number of hydrogen-bond acceptors (Lipinski definition) is 4. The van der Waals surface area contributed by atoms with Gasteiger partial charge in [-0.1, -0.05) is 17.7 Å². The number of ether oxygens (including phenoxy) is 2. The van der Waals surface area contributed by atoms with E-state index in [0.29, 0.717) is 17.9 Å². The largest absolute Gasteiger partial charge is 0.497 e. The normalized spacial score (nSPS) is 11.3. The van der Waals surface area contributed by atoms with Crippen LogP contribution in [0.3, 0.4) is 0 Å². The fourth-order valence-electron chi connectivity index (χ4n) is 2.30. The predicted octanol–water partition coefficient (Wildman–Crippen LogP) is 3.19. The fraction of sp³-hybridized carbons (Fsp3) is 0.294. The molecule has 0 atom stereocenters. The van der Waals surface area contributed by atoms with E-state index < -0.39 is 10.0 Å². The molecule has 2 aromatic rings. The average Bonchev–Trinajstić information content (AvgIpc) is 2.54. The van der Waals surface area contributed by atoms with Gasteiger partial charge in [0.2, 0.25) is 10.0 Å². The molecule has 0 aliphatic carbocycles. The summed E-state index contributed by atoms with van der Waals surface area (Å²) in [7, 11) is -0.519. The Bertz CT molecular complexity index is 821. The summed E-state index contributed by atoms with van der Waals surface area (Å²) in [4.78, 5) is 0.0763. The van der Waals surface area contributed by atoms with Crippen LogP contribution in [0.25, 0.3) is 0 Å². The van der Waals surface area contributed by atoms with Crippen molar-refractivity contribution in [3.8, 4) is 11.5 Å². The first-order valence-corrected chi connectivity index (χ1v) is 9.20. The van der Waals surface area contributed by atoms with Crippen LogP contribution in [-0.4, -0.2) is 29.2 Å². The molecule has 0 heterocycles. The molecule has 5 nitrogen and oxygen atoms in total. The van der Waals surface area contributed by atoms with Crippen LogP contribution in [0.2, 0.25) is 5.02 Å². The summed E-state index contributed by atoms with van der Waals surface area (Å²) in [5.74, 6) is 1.37. The zero-order valence-corrected chi connectivity index (χ0v) is 15.4. The summed E-state index contributed by atoms with van der Waals surface area (Å²) < 4.78 is 37.8. The van der Waals surface area contributed by atoms with Crippen molar-refractivity contribution >= 4 is 21.6 Å². The zero-order chi connectivity index (χ0) is 17.7. The van der Waals surface area contributed by atoms with Gasteiger partial charge < -0.3 is 9.47 Å². The molecule has 0 radical (unpaired) electrons.